The number of aliphatic hydroxyl groups is 1. The van der Waals surface area contributed by atoms with E-state index in [1.54, 1.807) is 0 Å². The van der Waals surface area contributed by atoms with E-state index in [1.165, 1.54) is 36.4 Å². The summed E-state index contributed by atoms with van der Waals surface area (Å²) in [5, 5.41) is 8.43. The molecule has 12 nitrogen and oxygen atoms in total. The highest BCUT2D eigenvalue weighted by Crippen LogP contribution is 2.25. The summed E-state index contributed by atoms with van der Waals surface area (Å²) in [4.78, 5) is 56.2. The summed E-state index contributed by atoms with van der Waals surface area (Å²) >= 11 is 5.24. The number of amides is 4. The van der Waals surface area contributed by atoms with Crippen molar-refractivity contribution < 1.29 is 45.9 Å². The molecule has 0 aliphatic carbocycles. The van der Waals surface area contributed by atoms with Gasteiger partial charge in [0.25, 0.3) is 25.3 Å². The smallest absolute Gasteiger partial charge is 0.273 e. The lowest BCUT2D eigenvalue weighted by molar-refractivity contribution is -0.134. The highest BCUT2D eigenvalue weighted by Gasteiger charge is 2.40. The first-order valence-corrected chi connectivity index (χ1v) is 13.9. The van der Waals surface area contributed by atoms with Crippen LogP contribution in [0.2, 0.25) is 0 Å². The van der Waals surface area contributed by atoms with Gasteiger partial charge in [-0.05, 0) is 60.1 Å². The standard InChI is InChI=1S/C12H11NO5S.C11H8ClNO5S/c1-8(14)9-2-4-10(5-3-9)19(17,18)13-11(15)6-7-12(13)16;12-11(16)7-1-3-8(4-2-7)19(17,18)13-9(14)5-6-10(13)15/h2-5,14H,1,6-7H2;1-4H,5-6H2. The third-order valence-corrected chi connectivity index (χ3v) is 9.09. The Kier molecular flexibility index (Phi) is 8.19. The monoisotopic (exact) mass is 582 g/mol. The van der Waals surface area contributed by atoms with Crippen LogP contribution in [0.15, 0.2) is 64.9 Å². The fourth-order valence-corrected chi connectivity index (χ4v) is 6.38. The van der Waals surface area contributed by atoms with Gasteiger partial charge in [0, 0.05) is 36.8 Å². The van der Waals surface area contributed by atoms with E-state index in [-0.39, 0.29) is 51.1 Å². The summed E-state index contributed by atoms with van der Waals surface area (Å²) in [6, 6.07) is 9.81. The summed E-state index contributed by atoms with van der Waals surface area (Å²) in [6.45, 7) is 3.31. The fraction of sp³-hybridized carbons (Fsp3) is 0.174. The average Bonchev–Trinajstić information content (AvgIpc) is 3.39. The van der Waals surface area contributed by atoms with E-state index in [2.05, 4.69) is 6.58 Å². The molecule has 2 aliphatic rings. The van der Waals surface area contributed by atoms with Crippen LogP contribution in [-0.4, -0.2) is 59.4 Å². The Morgan fingerprint density at radius 2 is 0.947 bits per heavy atom. The zero-order valence-electron chi connectivity index (χ0n) is 19.4. The topological polar surface area (TPSA) is 180 Å². The van der Waals surface area contributed by atoms with Gasteiger partial charge in [-0.3, -0.25) is 24.0 Å². The lowest BCUT2D eigenvalue weighted by Crippen LogP contribution is -2.35. The molecule has 2 aliphatic heterocycles. The molecule has 4 amide bonds. The second-order valence-corrected chi connectivity index (χ2v) is 11.8. The Morgan fingerprint density at radius 1 is 0.658 bits per heavy atom. The zero-order valence-corrected chi connectivity index (χ0v) is 21.8. The van der Waals surface area contributed by atoms with E-state index in [9.17, 15) is 40.8 Å². The highest BCUT2D eigenvalue weighted by molar-refractivity contribution is 7.90. The number of carbonyl (C=O) groups is 5. The van der Waals surface area contributed by atoms with Crippen molar-refractivity contribution in [3.63, 3.8) is 0 Å². The third kappa shape index (κ3) is 5.66. The first kappa shape index (κ1) is 28.7. The van der Waals surface area contributed by atoms with Gasteiger partial charge in [0.2, 0.25) is 23.6 Å². The summed E-state index contributed by atoms with van der Waals surface area (Å²) in [5.41, 5.74) is 0.484. The molecule has 0 bridgehead atoms. The molecule has 0 atom stereocenters. The molecular weight excluding hydrogens is 564 g/mol. The van der Waals surface area contributed by atoms with Crippen molar-refractivity contribution in [1.82, 2.24) is 8.61 Å². The second kappa shape index (κ2) is 10.8. The van der Waals surface area contributed by atoms with E-state index < -0.39 is 48.9 Å². The molecule has 0 radical (unpaired) electrons. The van der Waals surface area contributed by atoms with Gasteiger partial charge in [0.05, 0.1) is 9.79 Å². The zero-order chi connectivity index (χ0) is 28.4. The van der Waals surface area contributed by atoms with Crippen LogP contribution in [0.5, 0.6) is 0 Å². The molecule has 1 N–H and O–H groups in total. The van der Waals surface area contributed by atoms with Gasteiger partial charge in [0.1, 0.15) is 5.76 Å². The Bertz CT molecular complexity index is 1410. The van der Waals surface area contributed by atoms with Gasteiger partial charge in [0.15, 0.2) is 0 Å². The molecule has 2 heterocycles. The lowest BCUT2D eigenvalue weighted by atomic mass is 10.2. The maximum Gasteiger partial charge on any atom is 0.273 e. The number of imide groups is 2. The predicted octanol–water partition coefficient (Wildman–Crippen LogP) is 1.96. The van der Waals surface area contributed by atoms with Crippen molar-refractivity contribution >= 4 is 66.3 Å². The van der Waals surface area contributed by atoms with Gasteiger partial charge in [-0.15, -0.1) is 0 Å². The molecular formula is C23H19ClN2O10S2. The maximum atomic E-state index is 12.1. The van der Waals surface area contributed by atoms with Crippen LogP contribution < -0.4 is 0 Å². The number of aliphatic hydroxyl groups excluding tert-OH is 1. The van der Waals surface area contributed by atoms with Crippen LogP contribution in [0, 0.1) is 0 Å². The summed E-state index contributed by atoms with van der Waals surface area (Å²) < 4.78 is 49.0. The summed E-state index contributed by atoms with van der Waals surface area (Å²) in [6.07, 6.45) is -0.417. The second-order valence-electron chi connectivity index (χ2n) is 7.88. The number of sulfonamides is 2. The van der Waals surface area contributed by atoms with Gasteiger partial charge < -0.3 is 5.11 Å². The maximum absolute atomic E-state index is 12.1. The molecule has 2 fully saturated rings. The number of rotatable bonds is 6. The molecule has 0 saturated carbocycles. The Labute approximate surface area is 222 Å². The molecule has 0 aromatic heterocycles. The largest absolute Gasteiger partial charge is 0.508 e. The van der Waals surface area contributed by atoms with Gasteiger partial charge in [-0.25, -0.2) is 16.8 Å². The van der Waals surface area contributed by atoms with Crippen molar-refractivity contribution in [1.29, 1.82) is 0 Å². The molecule has 15 heteroatoms. The predicted molar refractivity (Wildman–Crippen MR) is 131 cm³/mol. The van der Waals surface area contributed by atoms with Crippen LogP contribution in [-0.2, 0) is 39.2 Å². The lowest BCUT2D eigenvalue weighted by Gasteiger charge is -2.14. The van der Waals surface area contributed by atoms with Crippen LogP contribution in [0.1, 0.15) is 41.6 Å². The van der Waals surface area contributed by atoms with Crippen LogP contribution in [0.3, 0.4) is 0 Å². The van der Waals surface area contributed by atoms with E-state index in [0.717, 1.165) is 12.1 Å². The van der Waals surface area contributed by atoms with Crippen LogP contribution in [0.25, 0.3) is 5.76 Å². The van der Waals surface area contributed by atoms with Gasteiger partial charge in [-0.1, -0.05) is 6.58 Å². The SMILES string of the molecule is C=C(O)c1ccc(S(=O)(=O)N2C(=O)CCC2=O)cc1.O=C(Cl)c1ccc(S(=O)(=O)N2C(=O)CCC2=O)cc1. The minimum Gasteiger partial charge on any atom is -0.508 e. The Morgan fingerprint density at radius 3 is 1.21 bits per heavy atom. The first-order chi connectivity index (χ1) is 17.7. The number of carbonyl (C=O) groups excluding carboxylic acids is 5. The number of hydrogen-bond donors (Lipinski definition) is 1. The fourth-order valence-electron chi connectivity index (χ4n) is 3.44. The van der Waals surface area contributed by atoms with Crippen LogP contribution >= 0.6 is 11.6 Å². The number of halogens is 1. The average molecular weight is 583 g/mol. The van der Waals surface area contributed by atoms with Gasteiger partial charge in [-0.2, -0.15) is 8.61 Å². The third-order valence-electron chi connectivity index (χ3n) is 5.36. The van der Waals surface area contributed by atoms with E-state index in [1.807, 2.05) is 0 Å². The summed E-state index contributed by atoms with van der Waals surface area (Å²) in [5.74, 6) is -3.14. The normalized spacial score (nSPS) is 15.9. The van der Waals surface area contributed by atoms with E-state index in [0.29, 0.717) is 9.87 Å². The van der Waals surface area contributed by atoms with Crippen molar-refractivity contribution in [2.24, 2.45) is 0 Å². The number of hydrogen-bond acceptors (Lipinski definition) is 10. The van der Waals surface area contributed by atoms with Crippen molar-refractivity contribution in [2.75, 3.05) is 0 Å². The molecule has 200 valence electrons. The molecule has 0 spiro atoms. The minimum atomic E-state index is -4.20. The van der Waals surface area contributed by atoms with E-state index in [4.69, 9.17) is 16.7 Å². The molecule has 38 heavy (non-hydrogen) atoms. The first-order valence-electron chi connectivity index (χ1n) is 10.7. The van der Waals surface area contributed by atoms with Gasteiger partial charge >= 0.3 is 0 Å². The number of benzene rings is 2. The number of nitrogens with zero attached hydrogens (tertiary/aromatic N) is 2. The molecule has 2 saturated heterocycles. The Balaban J connectivity index is 0.000000211. The van der Waals surface area contributed by atoms with E-state index >= 15 is 0 Å². The Hall–Kier alpha value is -3.88. The quantitative estimate of drug-likeness (QED) is 0.300. The summed E-state index contributed by atoms with van der Waals surface area (Å²) in [7, 11) is -8.36. The van der Waals surface area contributed by atoms with Crippen LogP contribution in [0.4, 0.5) is 0 Å². The minimum absolute atomic E-state index is 0.0937. The molecule has 0 unspecified atom stereocenters. The molecule has 4 rings (SSSR count). The van der Waals surface area contributed by atoms with Crippen molar-refractivity contribution in [2.45, 2.75) is 35.5 Å². The highest BCUT2D eigenvalue weighted by atomic mass is 35.5. The van der Waals surface area contributed by atoms with Crippen molar-refractivity contribution in [3.05, 3.63) is 66.2 Å². The molecule has 2 aromatic carbocycles. The van der Waals surface area contributed by atoms with Crippen molar-refractivity contribution in [3.8, 4) is 0 Å². The molecule has 2 aromatic rings.